The first kappa shape index (κ1) is 19.7. The molecule has 2 heterocycles. The highest BCUT2D eigenvalue weighted by Crippen LogP contribution is 2.31. The van der Waals surface area contributed by atoms with Crippen LogP contribution in [0.1, 0.15) is 43.0 Å². The summed E-state index contributed by atoms with van der Waals surface area (Å²) in [6.45, 7) is 5.08. The molecule has 2 fully saturated rings. The standard InChI is InChI=1S/C19H27N3O2.ClH/c1-19(18(24)21-16-9-5-11-20-13-16)10-6-12-22(14-19)17(23)15-7-3-2-4-8-15;/h2-4,7-8,16,20H,5-6,9-14H2,1H3,(H,21,24);1H/t16-,19?;/m0./s1. The number of benzene rings is 1. The summed E-state index contributed by atoms with van der Waals surface area (Å²) >= 11 is 0. The Bertz CT molecular complexity index is 590. The molecule has 2 amide bonds. The summed E-state index contributed by atoms with van der Waals surface area (Å²) < 4.78 is 0. The second kappa shape index (κ2) is 8.68. The lowest BCUT2D eigenvalue weighted by molar-refractivity contribution is -0.133. The quantitative estimate of drug-likeness (QED) is 0.863. The summed E-state index contributed by atoms with van der Waals surface area (Å²) in [5, 5.41) is 6.51. The molecule has 5 nitrogen and oxygen atoms in total. The molecule has 2 N–H and O–H groups in total. The van der Waals surface area contributed by atoms with E-state index in [0.29, 0.717) is 12.1 Å². The van der Waals surface area contributed by atoms with Crippen LogP contribution in [-0.2, 0) is 4.79 Å². The number of halogens is 1. The molecule has 2 saturated heterocycles. The Labute approximate surface area is 155 Å². The molecular formula is C19H28ClN3O2. The van der Waals surface area contributed by atoms with Gasteiger partial charge >= 0.3 is 0 Å². The zero-order valence-corrected chi connectivity index (χ0v) is 15.6. The molecule has 0 aromatic heterocycles. The van der Waals surface area contributed by atoms with Gasteiger partial charge in [0, 0.05) is 31.2 Å². The van der Waals surface area contributed by atoms with E-state index in [4.69, 9.17) is 0 Å². The van der Waals surface area contributed by atoms with Crippen molar-refractivity contribution in [2.45, 2.75) is 38.6 Å². The highest BCUT2D eigenvalue weighted by Gasteiger charge is 2.40. The Morgan fingerprint density at radius 1 is 1.24 bits per heavy atom. The number of likely N-dealkylation sites (tertiary alicyclic amines) is 1. The summed E-state index contributed by atoms with van der Waals surface area (Å²) in [5.41, 5.74) is 0.193. The van der Waals surface area contributed by atoms with Gasteiger partial charge in [0.05, 0.1) is 5.41 Å². The summed E-state index contributed by atoms with van der Waals surface area (Å²) in [4.78, 5) is 27.3. The Balaban J connectivity index is 0.00000225. The fourth-order valence-corrected chi connectivity index (χ4v) is 3.70. The van der Waals surface area contributed by atoms with Gasteiger partial charge in [-0.2, -0.15) is 0 Å². The molecule has 3 rings (SSSR count). The maximum absolute atomic E-state index is 12.8. The molecular weight excluding hydrogens is 338 g/mol. The van der Waals surface area contributed by atoms with Crippen LogP contribution < -0.4 is 10.6 Å². The molecule has 0 bridgehead atoms. The third-order valence-corrected chi connectivity index (χ3v) is 5.18. The smallest absolute Gasteiger partial charge is 0.253 e. The van der Waals surface area contributed by atoms with E-state index in [1.54, 1.807) is 0 Å². The topological polar surface area (TPSA) is 61.4 Å². The predicted molar refractivity (Wildman–Crippen MR) is 101 cm³/mol. The molecule has 2 aliphatic heterocycles. The largest absolute Gasteiger partial charge is 0.352 e. The van der Waals surface area contributed by atoms with Crippen molar-refractivity contribution in [3.8, 4) is 0 Å². The van der Waals surface area contributed by atoms with Crippen LogP contribution in [0.3, 0.4) is 0 Å². The molecule has 25 heavy (non-hydrogen) atoms. The first-order valence-corrected chi connectivity index (χ1v) is 8.94. The highest BCUT2D eigenvalue weighted by atomic mass is 35.5. The van der Waals surface area contributed by atoms with Gasteiger partial charge in [0.15, 0.2) is 0 Å². The normalized spacial score (nSPS) is 26.4. The van der Waals surface area contributed by atoms with Crippen molar-refractivity contribution >= 4 is 24.2 Å². The van der Waals surface area contributed by atoms with E-state index in [2.05, 4.69) is 10.6 Å². The number of hydrogen-bond acceptors (Lipinski definition) is 3. The van der Waals surface area contributed by atoms with Gasteiger partial charge < -0.3 is 15.5 Å². The molecule has 0 saturated carbocycles. The van der Waals surface area contributed by atoms with Crippen LogP contribution in [0.4, 0.5) is 0 Å². The van der Waals surface area contributed by atoms with Gasteiger partial charge in [-0.25, -0.2) is 0 Å². The first-order chi connectivity index (χ1) is 11.6. The van der Waals surface area contributed by atoms with E-state index >= 15 is 0 Å². The summed E-state index contributed by atoms with van der Waals surface area (Å²) in [5.74, 6) is 0.107. The van der Waals surface area contributed by atoms with Gasteiger partial charge in [-0.15, -0.1) is 12.4 Å². The van der Waals surface area contributed by atoms with Crippen LogP contribution in [0, 0.1) is 5.41 Å². The van der Waals surface area contributed by atoms with Crippen LogP contribution in [-0.4, -0.2) is 48.9 Å². The Hall–Kier alpha value is -1.59. The SMILES string of the molecule is CC1(C(=O)N[C@H]2CCCNC2)CCCN(C(=O)c2ccccc2)C1.Cl. The van der Waals surface area contributed by atoms with E-state index in [1.807, 2.05) is 42.2 Å². The average molecular weight is 366 g/mol. The Morgan fingerprint density at radius 3 is 2.68 bits per heavy atom. The second-order valence-corrected chi connectivity index (χ2v) is 7.27. The molecule has 0 spiro atoms. The number of piperidine rings is 2. The number of nitrogens with one attached hydrogen (secondary N) is 2. The fraction of sp³-hybridized carbons (Fsp3) is 0.579. The Kier molecular flexibility index (Phi) is 6.85. The van der Waals surface area contributed by atoms with Crippen molar-refractivity contribution in [1.82, 2.24) is 15.5 Å². The fourth-order valence-electron chi connectivity index (χ4n) is 3.70. The summed E-state index contributed by atoms with van der Waals surface area (Å²) in [6, 6.07) is 9.54. The van der Waals surface area contributed by atoms with Crippen molar-refractivity contribution in [3.05, 3.63) is 35.9 Å². The number of carbonyl (C=O) groups excluding carboxylic acids is 2. The first-order valence-electron chi connectivity index (χ1n) is 8.94. The van der Waals surface area contributed by atoms with E-state index in [9.17, 15) is 9.59 Å². The van der Waals surface area contributed by atoms with E-state index in [0.717, 1.165) is 45.3 Å². The molecule has 0 aliphatic carbocycles. The second-order valence-electron chi connectivity index (χ2n) is 7.27. The number of amides is 2. The molecule has 2 aliphatic rings. The lowest BCUT2D eigenvalue weighted by Crippen LogP contribution is -2.55. The van der Waals surface area contributed by atoms with Gasteiger partial charge in [-0.3, -0.25) is 9.59 Å². The van der Waals surface area contributed by atoms with Gasteiger partial charge in [0.25, 0.3) is 5.91 Å². The van der Waals surface area contributed by atoms with E-state index in [1.165, 1.54) is 0 Å². The lowest BCUT2D eigenvalue weighted by atomic mass is 9.80. The molecule has 1 aromatic carbocycles. The van der Waals surface area contributed by atoms with Crippen LogP contribution >= 0.6 is 12.4 Å². The number of nitrogens with zero attached hydrogens (tertiary/aromatic N) is 1. The van der Waals surface area contributed by atoms with Gasteiger partial charge in [-0.05, 0) is 51.3 Å². The minimum atomic E-state index is -0.500. The number of hydrogen-bond donors (Lipinski definition) is 2. The van der Waals surface area contributed by atoms with Crippen molar-refractivity contribution in [3.63, 3.8) is 0 Å². The zero-order valence-electron chi connectivity index (χ0n) is 14.8. The number of rotatable bonds is 3. The third kappa shape index (κ3) is 4.73. The van der Waals surface area contributed by atoms with Crippen LogP contribution in [0.2, 0.25) is 0 Å². The van der Waals surface area contributed by atoms with Crippen LogP contribution in [0.15, 0.2) is 30.3 Å². The maximum Gasteiger partial charge on any atom is 0.253 e. The molecule has 2 atom stereocenters. The zero-order chi connectivity index (χ0) is 17.0. The third-order valence-electron chi connectivity index (χ3n) is 5.18. The molecule has 1 unspecified atom stereocenters. The van der Waals surface area contributed by atoms with Crippen molar-refractivity contribution < 1.29 is 9.59 Å². The van der Waals surface area contributed by atoms with E-state index < -0.39 is 5.41 Å². The minimum absolute atomic E-state index is 0. The van der Waals surface area contributed by atoms with Gasteiger partial charge in [0.1, 0.15) is 0 Å². The monoisotopic (exact) mass is 365 g/mol. The van der Waals surface area contributed by atoms with Gasteiger partial charge in [0.2, 0.25) is 5.91 Å². The summed E-state index contributed by atoms with van der Waals surface area (Å²) in [7, 11) is 0. The minimum Gasteiger partial charge on any atom is -0.352 e. The van der Waals surface area contributed by atoms with Crippen LogP contribution in [0.25, 0.3) is 0 Å². The van der Waals surface area contributed by atoms with Crippen molar-refractivity contribution in [1.29, 1.82) is 0 Å². The molecule has 1 aromatic rings. The number of carbonyl (C=O) groups is 2. The maximum atomic E-state index is 12.8. The van der Waals surface area contributed by atoms with Gasteiger partial charge in [-0.1, -0.05) is 18.2 Å². The highest BCUT2D eigenvalue weighted by molar-refractivity contribution is 5.95. The molecule has 6 heteroatoms. The average Bonchev–Trinajstić information content (AvgIpc) is 2.63. The molecule has 138 valence electrons. The lowest BCUT2D eigenvalue weighted by Gasteiger charge is -2.40. The van der Waals surface area contributed by atoms with Crippen molar-refractivity contribution in [2.24, 2.45) is 5.41 Å². The van der Waals surface area contributed by atoms with Crippen LogP contribution in [0.5, 0.6) is 0 Å². The van der Waals surface area contributed by atoms with Crippen molar-refractivity contribution in [2.75, 3.05) is 26.2 Å². The summed E-state index contributed by atoms with van der Waals surface area (Å²) in [6.07, 6.45) is 3.82. The van der Waals surface area contributed by atoms with E-state index in [-0.39, 0.29) is 30.3 Å². The molecule has 0 radical (unpaired) electrons. The predicted octanol–water partition coefficient (Wildman–Crippen LogP) is 2.22. The Morgan fingerprint density at radius 2 is 2.00 bits per heavy atom.